The first-order valence-corrected chi connectivity index (χ1v) is 9.71. The van der Waals surface area contributed by atoms with Gasteiger partial charge in [-0.1, -0.05) is 6.07 Å². The number of aromatic nitrogens is 2. The second-order valence-electron chi connectivity index (χ2n) is 7.53. The van der Waals surface area contributed by atoms with Gasteiger partial charge in [-0.3, -0.25) is 0 Å². The van der Waals surface area contributed by atoms with E-state index in [1.807, 2.05) is 46.0 Å². The van der Waals surface area contributed by atoms with Crippen LogP contribution >= 0.6 is 24.0 Å². The molecule has 0 saturated heterocycles. The van der Waals surface area contributed by atoms with E-state index in [9.17, 15) is 4.79 Å². The van der Waals surface area contributed by atoms with Crippen LogP contribution in [0, 0.1) is 6.92 Å². The number of nitrogens with zero attached hydrogens (tertiary/aromatic N) is 3. The highest BCUT2D eigenvalue weighted by molar-refractivity contribution is 14.0. The van der Waals surface area contributed by atoms with Gasteiger partial charge in [0, 0.05) is 31.5 Å². The summed E-state index contributed by atoms with van der Waals surface area (Å²) in [7, 11) is 0. The van der Waals surface area contributed by atoms with E-state index in [-0.39, 0.29) is 24.0 Å². The zero-order valence-electron chi connectivity index (χ0n) is 17.9. The molecule has 2 aromatic rings. The van der Waals surface area contributed by atoms with Crippen LogP contribution in [0.1, 0.15) is 45.5 Å². The van der Waals surface area contributed by atoms with E-state index < -0.39 is 11.7 Å². The Morgan fingerprint density at radius 3 is 2.59 bits per heavy atom. The summed E-state index contributed by atoms with van der Waals surface area (Å²) in [4.78, 5) is 20.8. The molecule has 2 heterocycles. The largest absolute Gasteiger partial charge is 0.444 e. The van der Waals surface area contributed by atoms with Crippen LogP contribution in [-0.2, 0) is 11.3 Å². The van der Waals surface area contributed by atoms with Gasteiger partial charge in [0.15, 0.2) is 5.96 Å². The number of amides is 1. The van der Waals surface area contributed by atoms with Crippen LogP contribution in [0.5, 0.6) is 0 Å². The predicted octanol–water partition coefficient (Wildman–Crippen LogP) is 3.23. The number of hydrogen-bond donors (Lipinski definition) is 3. The van der Waals surface area contributed by atoms with Crippen molar-refractivity contribution >= 4 is 41.7 Å². The molecular weight excluding hydrogens is 483 g/mol. The van der Waals surface area contributed by atoms with Crippen molar-refractivity contribution in [1.82, 2.24) is 25.3 Å². The molecule has 29 heavy (non-hydrogen) atoms. The molecule has 0 aliphatic carbocycles. The van der Waals surface area contributed by atoms with Crippen molar-refractivity contribution in [2.75, 3.05) is 19.6 Å². The van der Waals surface area contributed by atoms with E-state index in [4.69, 9.17) is 4.74 Å². The molecule has 0 unspecified atom stereocenters. The Morgan fingerprint density at radius 2 is 1.93 bits per heavy atom. The van der Waals surface area contributed by atoms with Gasteiger partial charge >= 0.3 is 6.09 Å². The highest BCUT2D eigenvalue weighted by atomic mass is 127. The van der Waals surface area contributed by atoms with Crippen molar-refractivity contribution < 1.29 is 9.53 Å². The lowest BCUT2D eigenvalue weighted by atomic mass is 10.2. The Kier molecular flexibility index (Phi) is 10.2. The van der Waals surface area contributed by atoms with Gasteiger partial charge in [0.2, 0.25) is 0 Å². The van der Waals surface area contributed by atoms with Crippen LogP contribution in [0.3, 0.4) is 0 Å². The summed E-state index contributed by atoms with van der Waals surface area (Å²) < 4.78 is 7.27. The van der Waals surface area contributed by atoms with Gasteiger partial charge in [-0.15, -0.1) is 24.0 Å². The van der Waals surface area contributed by atoms with Gasteiger partial charge < -0.3 is 25.1 Å². The molecular formula is C20H33IN6O2. The quantitative estimate of drug-likeness (QED) is 0.228. The lowest BCUT2D eigenvalue weighted by Crippen LogP contribution is -2.39. The number of ether oxygens (including phenoxy) is 1. The third-order valence-corrected chi connectivity index (χ3v) is 3.80. The summed E-state index contributed by atoms with van der Waals surface area (Å²) in [5.74, 6) is 0.730. The Bertz CT molecular complexity index is 813. The summed E-state index contributed by atoms with van der Waals surface area (Å²) in [6, 6.07) is 6.04. The summed E-state index contributed by atoms with van der Waals surface area (Å²) in [5.41, 5.74) is 2.50. The molecule has 0 spiro atoms. The van der Waals surface area contributed by atoms with Crippen molar-refractivity contribution in [3.05, 3.63) is 35.8 Å². The van der Waals surface area contributed by atoms with E-state index in [2.05, 4.69) is 43.3 Å². The van der Waals surface area contributed by atoms with Gasteiger partial charge in [0.25, 0.3) is 0 Å². The minimum absolute atomic E-state index is 0. The Labute approximate surface area is 189 Å². The molecule has 9 heteroatoms. The normalized spacial score (nSPS) is 11.7. The van der Waals surface area contributed by atoms with Crippen LogP contribution in [0.2, 0.25) is 0 Å². The average Bonchev–Trinajstić information content (AvgIpc) is 3.02. The fourth-order valence-corrected chi connectivity index (χ4v) is 2.58. The topological polar surface area (TPSA) is 92.0 Å². The van der Waals surface area contributed by atoms with Crippen LogP contribution in [0.25, 0.3) is 5.65 Å². The molecule has 0 fully saturated rings. The summed E-state index contributed by atoms with van der Waals surface area (Å²) in [6.45, 7) is 12.1. The third-order valence-electron chi connectivity index (χ3n) is 3.80. The van der Waals surface area contributed by atoms with Gasteiger partial charge in [-0.2, -0.15) is 0 Å². The molecule has 162 valence electrons. The van der Waals surface area contributed by atoms with E-state index in [0.717, 1.165) is 36.0 Å². The summed E-state index contributed by atoms with van der Waals surface area (Å²) >= 11 is 0. The van der Waals surface area contributed by atoms with Crippen molar-refractivity contribution in [1.29, 1.82) is 0 Å². The number of aliphatic imine (C=N–C) groups is 1. The summed E-state index contributed by atoms with van der Waals surface area (Å²) in [5, 5.41) is 9.24. The first kappa shape index (κ1) is 25.0. The molecule has 0 aliphatic rings. The van der Waals surface area contributed by atoms with Crippen LogP contribution in [0.4, 0.5) is 4.79 Å². The fraction of sp³-hybridized carbons (Fsp3) is 0.550. The standard InChI is InChI=1S/C20H32N6O2.HI/c1-6-21-18(22-11-8-12-23-19(27)28-20(3,4)5)24-13-16-14-26-15(2)9-7-10-17(26)25-16;/h7,9-10,14H,6,8,11-13H2,1-5H3,(H,23,27)(H2,21,22,24);1H. The molecule has 1 amide bonds. The van der Waals surface area contributed by atoms with E-state index in [1.54, 1.807) is 0 Å². The zero-order valence-corrected chi connectivity index (χ0v) is 20.2. The van der Waals surface area contributed by atoms with Gasteiger partial charge in [0.05, 0.1) is 12.2 Å². The second-order valence-corrected chi connectivity index (χ2v) is 7.53. The number of halogens is 1. The zero-order chi connectivity index (χ0) is 20.6. The minimum Gasteiger partial charge on any atom is -0.444 e. The van der Waals surface area contributed by atoms with E-state index in [1.165, 1.54) is 0 Å². The number of imidazole rings is 1. The maximum atomic E-state index is 11.6. The van der Waals surface area contributed by atoms with Crippen LogP contribution in [-0.4, -0.2) is 46.7 Å². The molecule has 2 aromatic heterocycles. The number of carbonyl (C=O) groups excluding carboxylic acids is 1. The monoisotopic (exact) mass is 516 g/mol. The maximum Gasteiger partial charge on any atom is 0.407 e. The molecule has 3 N–H and O–H groups in total. The fourth-order valence-electron chi connectivity index (χ4n) is 2.58. The molecule has 0 aromatic carbocycles. The first-order chi connectivity index (χ1) is 13.3. The molecule has 0 bridgehead atoms. The highest BCUT2D eigenvalue weighted by Gasteiger charge is 2.15. The minimum atomic E-state index is -0.482. The van der Waals surface area contributed by atoms with Crippen molar-refractivity contribution in [3.63, 3.8) is 0 Å². The molecule has 0 atom stereocenters. The lowest BCUT2D eigenvalue weighted by molar-refractivity contribution is 0.0527. The third kappa shape index (κ3) is 8.88. The van der Waals surface area contributed by atoms with Gasteiger partial charge in [-0.05, 0) is 53.2 Å². The highest BCUT2D eigenvalue weighted by Crippen LogP contribution is 2.09. The SMILES string of the molecule is CCNC(=NCc1cn2c(C)cccc2n1)NCCCNC(=O)OC(C)(C)C.I. The van der Waals surface area contributed by atoms with Crippen molar-refractivity contribution in [2.45, 2.75) is 53.2 Å². The molecule has 0 aliphatic heterocycles. The number of carbonyl (C=O) groups is 1. The number of alkyl carbamates (subject to hydrolysis) is 1. The molecule has 0 radical (unpaired) electrons. The molecule has 2 rings (SSSR count). The number of nitrogens with one attached hydrogen (secondary N) is 3. The Morgan fingerprint density at radius 1 is 1.21 bits per heavy atom. The van der Waals surface area contributed by atoms with Crippen LogP contribution in [0.15, 0.2) is 29.4 Å². The predicted molar refractivity (Wildman–Crippen MR) is 127 cm³/mol. The smallest absolute Gasteiger partial charge is 0.407 e. The van der Waals surface area contributed by atoms with E-state index in [0.29, 0.717) is 19.6 Å². The molecule has 8 nitrogen and oxygen atoms in total. The van der Waals surface area contributed by atoms with Gasteiger partial charge in [-0.25, -0.2) is 14.8 Å². The van der Waals surface area contributed by atoms with Crippen molar-refractivity contribution in [3.8, 4) is 0 Å². The van der Waals surface area contributed by atoms with E-state index >= 15 is 0 Å². The lowest BCUT2D eigenvalue weighted by Gasteiger charge is -2.19. The number of hydrogen-bond acceptors (Lipinski definition) is 4. The average molecular weight is 516 g/mol. The first-order valence-electron chi connectivity index (χ1n) is 9.71. The van der Waals surface area contributed by atoms with Gasteiger partial charge in [0.1, 0.15) is 11.2 Å². The Hall–Kier alpha value is -2.04. The Balaban J connectivity index is 0.00000420. The summed E-state index contributed by atoms with van der Waals surface area (Å²) in [6.07, 6.45) is 2.38. The number of pyridine rings is 1. The number of aryl methyl sites for hydroxylation is 1. The second kappa shape index (κ2) is 11.8. The number of fused-ring (bicyclic) bond motifs is 1. The number of guanidine groups is 1. The number of rotatable bonds is 7. The van der Waals surface area contributed by atoms with Crippen molar-refractivity contribution in [2.24, 2.45) is 4.99 Å². The van der Waals surface area contributed by atoms with Crippen LogP contribution < -0.4 is 16.0 Å². The molecule has 0 saturated carbocycles. The maximum absolute atomic E-state index is 11.6.